The molecule has 1 amide bonds. The zero-order valence-corrected chi connectivity index (χ0v) is 12.0. The van der Waals surface area contributed by atoms with Crippen LogP contribution in [0.25, 0.3) is 0 Å². The minimum atomic E-state index is -0.372. The molecule has 1 unspecified atom stereocenters. The molecule has 18 heavy (non-hydrogen) atoms. The fourth-order valence-corrected chi connectivity index (χ4v) is 2.51. The van der Waals surface area contributed by atoms with Crippen LogP contribution in [-0.4, -0.2) is 24.5 Å². The number of carbonyl (C=O) groups excluding carboxylic acids is 1. The lowest BCUT2D eigenvalue weighted by atomic mass is 10.2. The number of carbonyl (C=O) groups is 1. The Morgan fingerprint density at radius 1 is 1.50 bits per heavy atom. The zero-order chi connectivity index (χ0) is 13.3. The number of rotatable bonds is 3. The normalized spacial score (nSPS) is 19.9. The summed E-state index contributed by atoms with van der Waals surface area (Å²) < 4.78 is 14.5. The molecule has 0 spiro atoms. The van der Waals surface area contributed by atoms with Crippen molar-refractivity contribution in [3.8, 4) is 0 Å². The van der Waals surface area contributed by atoms with E-state index >= 15 is 0 Å². The summed E-state index contributed by atoms with van der Waals surface area (Å²) in [7, 11) is 0. The molecule has 0 radical (unpaired) electrons. The average molecular weight is 315 g/mol. The van der Waals surface area contributed by atoms with Gasteiger partial charge in [0.05, 0.1) is 11.7 Å². The van der Waals surface area contributed by atoms with Gasteiger partial charge in [0.25, 0.3) is 0 Å². The molecule has 0 aromatic heterocycles. The first-order valence-corrected chi connectivity index (χ1v) is 6.81. The second-order valence-electron chi connectivity index (χ2n) is 4.75. The maximum atomic E-state index is 13.8. The van der Waals surface area contributed by atoms with Crippen LogP contribution >= 0.6 is 15.9 Å². The Morgan fingerprint density at radius 3 is 2.83 bits per heavy atom. The van der Waals surface area contributed by atoms with E-state index in [0.717, 1.165) is 0 Å². The largest absolute Gasteiger partial charge is 0.308 e. The van der Waals surface area contributed by atoms with Gasteiger partial charge in [-0.25, -0.2) is 4.39 Å². The smallest absolute Gasteiger partial charge is 0.244 e. The molecule has 1 atom stereocenters. The molecule has 3 nitrogen and oxygen atoms in total. The van der Waals surface area contributed by atoms with Gasteiger partial charge in [-0.05, 0) is 24.6 Å². The summed E-state index contributed by atoms with van der Waals surface area (Å²) in [6.07, 6.45) is 0.715. The SMILES string of the molecule is CC(C)NC1CCN(c2ccc(Br)cc2F)C1=O. The van der Waals surface area contributed by atoms with Crippen molar-refractivity contribution in [2.24, 2.45) is 0 Å². The number of anilines is 1. The molecule has 5 heteroatoms. The van der Waals surface area contributed by atoms with Crippen LogP contribution in [0, 0.1) is 5.82 Å². The average Bonchev–Trinajstić information content (AvgIpc) is 2.60. The Balaban J connectivity index is 2.18. The molecule has 1 aromatic carbocycles. The highest BCUT2D eigenvalue weighted by Gasteiger charge is 2.33. The van der Waals surface area contributed by atoms with Crippen molar-refractivity contribution in [2.75, 3.05) is 11.4 Å². The molecule has 0 saturated carbocycles. The number of hydrogen-bond donors (Lipinski definition) is 1. The Kier molecular flexibility index (Phi) is 4.02. The summed E-state index contributed by atoms with van der Waals surface area (Å²) in [5.74, 6) is -0.423. The van der Waals surface area contributed by atoms with E-state index in [1.165, 1.54) is 11.0 Å². The van der Waals surface area contributed by atoms with Gasteiger partial charge in [0, 0.05) is 17.1 Å². The summed E-state index contributed by atoms with van der Waals surface area (Å²) in [4.78, 5) is 13.7. The van der Waals surface area contributed by atoms with Gasteiger partial charge in [-0.1, -0.05) is 29.8 Å². The van der Waals surface area contributed by atoms with Crippen LogP contribution in [0.3, 0.4) is 0 Å². The van der Waals surface area contributed by atoms with Crippen molar-refractivity contribution in [1.29, 1.82) is 0 Å². The summed E-state index contributed by atoms with van der Waals surface area (Å²) >= 11 is 3.21. The molecule has 1 aliphatic heterocycles. The highest BCUT2D eigenvalue weighted by molar-refractivity contribution is 9.10. The van der Waals surface area contributed by atoms with Gasteiger partial charge >= 0.3 is 0 Å². The number of nitrogens with one attached hydrogen (secondary N) is 1. The highest BCUT2D eigenvalue weighted by Crippen LogP contribution is 2.27. The van der Waals surface area contributed by atoms with Crippen molar-refractivity contribution < 1.29 is 9.18 Å². The second kappa shape index (κ2) is 5.36. The molecule has 1 heterocycles. The fourth-order valence-electron chi connectivity index (χ4n) is 2.18. The molecule has 1 saturated heterocycles. The van der Waals surface area contributed by atoms with Crippen molar-refractivity contribution in [2.45, 2.75) is 32.4 Å². The number of hydrogen-bond acceptors (Lipinski definition) is 2. The molecular formula is C13H16BrFN2O. The van der Waals surface area contributed by atoms with Crippen LogP contribution in [0.5, 0.6) is 0 Å². The van der Waals surface area contributed by atoms with Crippen LogP contribution in [0.15, 0.2) is 22.7 Å². The first-order chi connectivity index (χ1) is 8.49. The third-order valence-electron chi connectivity index (χ3n) is 2.94. The standard InChI is InChI=1S/C13H16BrFN2O/c1-8(2)16-11-5-6-17(13(11)18)12-4-3-9(14)7-10(12)15/h3-4,7-8,11,16H,5-6H2,1-2H3. The number of amides is 1. The van der Waals surface area contributed by atoms with E-state index in [-0.39, 0.29) is 23.8 Å². The maximum absolute atomic E-state index is 13.8. The minimum Gasteiger partial charge on any atom is -0.308 e. The second-order valence-corrected chi connectivity index (χ2v) is 5.66. The first-order valence-electron chi connectivity index (χ1n) is 6.01. The summed E-state index contributed by atoms with van der Waals surface area (Å²) in [5.41, 5.74) is 0.358. The predicted octanol–water partition coefficient (Wildman–Crippen LogP) is 2.69. The molecule has 1 aliphatic rings. The van der Waals surface area contributed by atoms with E-state index in [9.17, 15) is 9.18 Å². The topological polar surface area (TPSA) is 32.3 Å². The van der Waals surface area contributed by atoms with E-state index in [1.54, 1.807) is 12.1 Å². The van der Waals surface area contributed by atoms with Gasteiger partial charge in [0.15, 0.2) is 0 Å². The van der Waals surface area contributed by atoms with Crippen molar-refractivity contribution >= 4 is 27.5 Å². The Labute approximate surface area is 114 Å². The summed E-state index contributed by atoms with van der Waals surface area (Å²) in [6, 6.07) is 4.80. The molecular weight excluding hydrogens is 299 g/mol. The van der Waals surface area contributed by atoms with Gasteiger partial charge in [-0.15, -0.1) is 0 Å². The predicted molar refractivity (Wildman–Crippen MR) is 73.1 cm³/mol. The highest BCUT2D eigenvalue weighted by atomic mass is 79.9. The maximum Gasteiger partial charge on any atom is 0.244 e. The Morgan fingerprint density at radius 2 is 2.22 bits per heavy atom. The van der Waals surface area contributed by atoms with Crippen molar-refractivity contribution in [1.82, 2.24) is 5.32 Å². The number of nitrogens with zero attached hydrogens (tertiary/aromatic N) is 1. The van der Waals surface area contributed by atoms with E-state index in [0.29, 0.717) is 23.1 Å². The molecule has 0 bridgehead atoms. The summed E-state index contributed by atoms with van der Waals surface area (Å²) in [5, 5.41) is 3.20. The Bertz CT molecular complexity index is 464. The van der Waals surface area contributed by atoms with Gasteiger partial charge in [0.1, 0.15) is 5.82 Å². The van der Waals surface area contributed by atoms with Crippen LogP contribution in [0.4, 0.5) is 10.1 Å². The monoisotopic (exact) mass is 314 g/mol. The lowest BCUT2D eigenvalue weighted by Crippen LogP contribution is -2.41. The molecule has 1 fully saturated rings. The van der Waals surface area contributed by atoms with Gasteiger partial charge in [-0.2, -0.15) is 0 Å². The van der Waals surface area contributed by atoms with Crippen molar-refractivity contribution in [3.63, 3.8) is 0 Å². The van der Waals surface area contributed by atoms with E-state index in [4.69, 9.17) is 0 Å². The van der Waals surface area contributed by atoms with Crippen molar-refractivity contribution in [3.05, 3.63) is 28.5 Å². The lowest BCUT2D eigenvalue weighted by Gasteiger charge is -2.19. The van der Waals surface area contributed by atoms with Crippen LogP contribution < -0.4 is 10.2 Å². The number of halogens is 2. The van der Waals surface area contributed by atoms with Gasteiger partial charge in [0.2, 0.25) is 5.91 Å². The molecule has 2 rings (SSSR count). The third kappa shape index (κ3) is 2.72. The molecule has 98 valence electrons. The Hall–Kier alpha value is -0.940. The van der Waals surface area contributed by atoms with Gasteiger partial charge < -0.3 is 10.2 Å². The van der Waals surface area contributed by atoms with E-state index in [1.807, 2.05) is 13.8 Å². The van der Waals surface area contributed by atoms with Crippen LogP contribution in [-0.2, 0) is 4.79 Å². The molecule has 0 aliphatic carbocycles. The molecule has 1 N–H and O–H groups in total. The third-order valence-corrected chi connectivity index (χ3v) is 3.43. The first kappa shape index (κ1) is 13.5. The van der Waals surface area contributed by atoms with E-state index in [2.05, 4.69) is 21.2 Å². The minimum absolute atomic E-state index is 0.0510. The van der Waals surface area contributed by atoms with Gasteiger partial charge in [-0.3, -0.25) is 4.79 Å². The lowest BCUT2D eigenvalue weighted by molar-refractivity contribution is -0.119. The quantitative estimate of drug-likeness (QED) is 0.930. The number of benzene rings is 1. The zero-order valence-electron chi connectivity index (χ0n) is 10.4. The fraction of sp³-hybridized carbons (Fsp3) is 0.462. The summed E-state index contributed by atoms with van der Waals surface area (Å²) in [6.45, 7) is 4.55. The van der Waals surface area contributed by atoms with Crippen LogP contribution in [0.2, 0.25) is 0 Å². The van der Waals surface area contributed by atoms with E-state index < -0.39 is 0 Å². The molecule has 1 aromatic rings. The van der Waals surface area contributed by atoms with Crippen LogP contribution in [0.1, 0.15) is 20.3 Å².